The van der Waals surface area contributed by atoms with Crippen LogP contribution in [0.3, 0.4) is 0 Å². The Morgan fingerprint density at radius 3 is 1.69 bits per heavy atom. The van der Waals surface area contributed by atoms with Crippen molar-refractivity contribution in [3.05, 3.63) is 77.3 Å². The molecule has 0 amide bonds. The van der Waals surface area contributed by atoms with E-state index < -0.39 is 32.4 Å². The van der Waals surface area contributed by atoms with Crippen LogP contribution in [0.2, 0.25) is 0 Å². The highest BCUT2D eigenvalue weighted by Gasteiger charge is 2.34. The van der Waals surface area contributed by atoms with Crippen molar-refractivity contribution in [2.75, 3.05) is 19.6 Å². The number of quaternary nitrogens is 1. The number of nitrogens with zero attached hydrogens (tertiary/aromatic N) is 3. The summed E-state index contributed by atoms with van der Waals surface area (Å²) in [7, 11) is -2.92. The first-order valence-electron chi connectivity index (χ1n) is 11.2. The molecule has 0 fully saturated rings. The number of hydrogen-bond donors (Lipinski definition) is 0. The smallest absolute Gasteiger partial charge is 0.277 e. The maximum atomic E-state index is 13.2. The summed E-state index contributed by atoms with van der Waals surface area (Å²) in [6.45, 7) is 8.38. The first-order valence-corrected chi connectivity index (χ1v) is 12.6. The summed E-state index contributed by atoms with van der Waals surface area (Å²) in [4.78, 5) is 50.9. The fourth-order valence-electron chi connectivity index (χ4n) is 4.40. The summed E-state index contributed by atoms with van der Waals surface area (Å²) in [5, 5.41) is 0.0513. The Kier molecular flexibility index (Phi) is 5.90. The van der Waals surface area contributed by atoms with Gasteiger partial charge in [-0.05, 0) is 57.5 Å². The minimum absolute atomic E-state index is 0.0231. The molecule has 0 aliphatic carbocycles. The van der Waals surface area contributed by atoms with E-state index in [1.54, 1.807) is 6.92 Å². The van der Waals surface area contributed by atoms with Gasteiger partial charge < -0.3 is 0 Å². The lowest BCUT2D eigenvalue weighted by atomic mass is 10.1. The van der Waals surface area contributed by atoms with Gasteiger partial charge in [-0.25, -0.2) is 4.57 Å². The van der Waals surface area contributed by atoms with Crippen molar-refractivity contribution in [3.8, 4) is 5.69 Å². The standard InChI is InChI=1S/C24H26N3O7S/c1-6-27(7-2,8-3)34-35(32,33)20-11-15(10-9-14(20)4)26-23(30)18-12-16-17(13-19(18)24(26)31)22(29)25(5)21(16)28/h9-13H,6-8H2,1-5H3/q+1. The molecule has 35 heavy (non-hydrogen) atoms. The second-order valence-corrected chi connectivity index (χ2v) is 10.0. The molecule has 0 saturated heterocycles. The topological polar surface area (TPSA) is 122 Å². The van der Waals surface area contributed by atoms with Crippen molar-refractivity contribution in [3.63, 3.8) is 0 Å². The average molecular weight is 501 g/mol. The lowest BCUT2D eigenvalue weighted by Gasteiger charge is -2.31. The lowest BCUT2D eigenvalue weighted by molar-refractivity contribution is -1.08. The number of hydrogen-bond acceptors (Lipinski definition) is 7. The van der Waals surface area contributed by atoms with Crippen molar-refractivity contribution in [1.82, 2.24) is 9.13 Å². The van der Waals surface area contributed by atoms with Crippen LogP contribution in [0.4, 0.5) is 0 Å². The van der Waals surface area contributed by atoms with Gasteiger partial charge in [0.1, 0.15) is 24.5 Å². The van der Waals surface area contributed by atoms with Gasteiger partial charge in [0.25, 0.3) is 22.2 Å². The molecule has 2 heterocycles. The molecule has 0 atom stereocenters. The van der Waals surface area contributed by atoms with Gasteiger partial charge in [-0.15, -0.1) is 0 Å². The molecular formula is C24H26N3O7S+. The Hall–Kier alpha value is -3.41. The third kappa shape index (κ3) is 3.67. The molecule has 0 unspecified atom stereocenters. The van der Waals surface area contributed by atoms with Crippen molar-refractivity contribution < 1.29 is 17.3 Å². The Balaban J connectivity index is 1.94. The number of hydroxylamine groups is 3. The van der Waals surface area contributed by atoms with E-state index in [9.17, 15) is 27.6 Å². The molecule has 0 radical (unpaired) electrons. The van der Waals surface area contributed by atoms with Gasteiger partial charge in [0.15, 0.2) is 0 Å². The first-order chi connectivity index (χ1) is 16.4. The molecule has 2 aromatic heterocycles. The van der Waals surface area contributed by atoms with Gasteiger partial charge in [-0.3, -0.25) is 23.7 Å². The summed E-state index contributed by atoms with van der Waals surface area (Å²) in [6.07, 6.45) is 0. The maximum Gasteiger partial charge on any atom is 0.343 e. The van der Waals surface area contributed by atoms with Crippen molar-refractivity contribution in [1.29, 1.82) is 0 Å². The van der Waals surface area contributed by atoms with Crippen LogP contribution in [0.15, 0.2) is 54.4 Å². The second-order valence-electron chi connectivity index (χ2n) is 8.54. The van der Waals surface area contributed by atoms with Gasteiger partial charge in [0, 0.05) is 7.05 Å². The Morgan fingerprint density at radius 2 is 1.23 bits per heavy atom. The Bertz CT molecular complexity index is 1710. The van der Waals surface area contributed by atoms with E-state index in [1.165, 1.54) is 37.4 Å². The van der Waals surface area contributed by atoms with E-state index in [0.29, 0.717) is 25.2 Å². The molecule has 4 aromatic rings. The first kappa shape index (κ1) is 24.7. The van der Waals surface area contributed by atoms with E-state index in [0.717, 1.165) is 9.13 Å². The van der Waals surface area contributed by atoms with E-state index in [-0.39, 0.29) is 36.8 Å². The molecule has 0 N–H and O–H groups in total. The minimum atomic E-state index is -4.24. The number of aryl methyl sites for hydroxylation is 1. The Labute approximate surface area is 200 Å². The van der Waals surface area contributed by atoms with E-state index in [2.05, 4.69) is 0 Å². The second kappa shape index (κ2) is 8.36. The highest BCUT2D eigenvalue weighted by atomic mass is 32.2. The van der Waals surface area contributed by atoms with Crippen LogP contribution >= 0.6 is 0 Å². The van der Waals surface area contributed by atoms with Gasteiger partial charge in [-0.2, -0.15) is 13.1 Å². The predicted molar refractivity (Wildman–Crippen MR) is 132 cm³/mol. The summed E-state index contributed by atoms with van der Waals surface area (Å²) < 4.78 is 33.7. The van der Waals surface area contributed by atoms with Crippen molar-refractivity contribution >= 4 is 31.7 Å². The number of fused-ring (bicyclic) bond motifs is 2. The van der Waals surface area contributed by atoms with Crippen LogP contribution < -0.4 is 22.2 Å². The highest BCUT2D eigenvalue weighted by Crippen LogP contribution is 2.25. The molecule has 4 rings (SSSR count). The molecule has 10 nitrogen and oxygen atoms in total. The molecule has 11 heteroatoms. The zero-order valence-electron chi connectivity index (χ0n) is 20.1. The van der Waals surface area contributed by atoms with Crippen molar-refractivity contribution in [2.24, 2.45) is 7.05 Å². The Morgan fingerprint density at radius 1 is 0.771 bits per heavy atom. The third-order valence-electron chi connectivity index (χ3n) is 6.78. The van der Waals surface area contributed by atoms with Crippen molar-refractivity contribution in [2.45, 2.75) is 32.6 Å². The fraction of sp³-hybridized carbons (Fsp3) is 0.333. The van der Waals surface area contributed by atoms with Gasteiger partial charge in [0.2, 0.25) is 0 Å². The average Bonchev–Trinajstić information content (AvgIpc) is 3.21. The minimum Gasteiger partial charge on any atom is -0.277 e. The molecule has 0 spiro atoms. The predicted octanol–water partition coefficient (Wildman–Crippen LogP) is 1.24. The van der Waals surface area contributed by atoms with Gasteiger partial charge in [0.05, 0.1) is 27.2 Å². The maximum absolute atomic E-state index is 13.2. The quantitative estimate of drug-likeness (QED) is 0.276. The molecule has 0 aliphatic rings. The zero-order valence-corrected chi connectivity index (χ0v) is 20.9. The van der Waals surface area contributed by atoms with Gasteiger partial charge >= 0.3 is 10.1 Å². The summed E-state index contributed by atoms with van der Waals surface area (Å²) in [6, 6.07) is 6.70. The van der Waals surface area contributed by atoms with Crippen LogP contribution in [-0.4, -0.2) is 41.8 Å². The van der Waals surface area contributed by atoms with Crippen LogP contribution in [0.5, 0.6) is 0 Å². The molecular weight excluding hydrogens is 474 g/mol. The van der Waals surface area contributed by atoms with E-state index in [4.69, 9.17) is 4.28 Å². The molecule has 184 valence electrons. The summed E-state index contributed by atoms with van der Waals surface area (Å²) in [5.41, 5.74) is -2.10. The van der Waals surface area contributed by atoms with Crippen LogP contribution in [-0.2, 0) is 21.4 Å². The van der Waals surface area contributed by atoms with Crippen LogP contribution in [0.1, 0.15) is 26.3 Å². The molecule has 0 saturated carbocycles. The highest BCUT2D eigenvalue weighted by molar-refractivity contribution is 7.86. The largest absolute Gasteiger partial charge is 0.343 e. The number of benzene rings is 2. The van der Waals surface area contributed by atoms with E-state index >= 15 is 0 Å². The molecule has 2 aromatic carbocycles. The SMILES string of the molecule is CC[N+](CC)(CC)OS(=O)(=O)c1cc(-n2c(=O)c3cc4c(=O)n(C)c(=O)c4cc3c2=O)ccc1C. The van der Waals surface area contributed by atoms with Crippen LogP contribution in [0.25, 0.3) is 27.2 Å². The zero-order chi connectivity index (χ0) is 25.9. The van der Waals surface area contributed by atoms with E-state index in [1.807, 2.05) is 20.8 Å². The lowest BCUT2D eigenvalue weighted by Crippen LogP contribution is -2.48. The summed E-state index contributed by atoms with van der Waals surface area (Å²) >= 11 is 0. The fourth-order valence-corrected chi connectivity index (χ4v) is 5.94. The summed E-state index contributed by atoms with van der Waals surface area (Å²) in [5.74, 6) is 0. The number of aromatic nitrogens is 2. The normalized spacial score (nSPS) is 12.7. The van der Waals surface area contributed by atoms with Gasteiger partial charge in [-0.1, -0.05) is 10.4 Å². The third-order valence-corrected chi connectivity index (χ3v) is 8.27. The monoisotopic (exact) mass is 500 g/mol. The number of rotatable bonds is 7. The molecule has 0 bridgehead atoms. The molecule has 0 aliphatic heterocycles. The van der Waals surface area contributed by atoms with Crippen LogP contribution in [0, 0.1) is 6.92 Å².